The van der Waals surface area contributed by atoms with Gasteiger partial charge in [-0.2, -0.15) is 0 Å². The second kappa shape index (κ2) is 10.0. The van der Waals surface area contributed by atoms with Crippen molar-refractivity contribution >= 4 is 35.0 Å². The number of anilines is 2. The largest absolute Gasteiger partial charge is 0.479 e. The van der Waals surface area contributed by atoms with Gasteiger partial charge in [-0.05, 0) is 62.2 Å². The Hall–Kier alpha value is -3.44. The van der Waals surface area contributed by atoms with E-state index < -0.39 is 6.10 Å². The Morgan fingerprint density at radius 1 is 1.26 bits per heavy atom. The number of benzene rings is 2. The maximum Gasteiger partial charge on any atom is 0.265 e. The van der Waals surface area contributed by atoms with E-state index in [1.165, 1.54) is 23.9 Å². The van der Waals surface area contributed by atoms with Crippen molar-refractivity contribution < 1.29 is 23.5 Å². The van der Waals surface area contributed by atoms with E-state index in [2.05, 4.69) is 20.8 Å². The molecule has 3 aromatic rings. The summed E-state index contributed by atoms with van der Waals surface area (Å²) >= 11 is 1.26. The topological polar surface area (TPSA) is 107 Å². The second-order valence-electron chi connectivity index (χ2n) is 8.36. The lowest BCUT2D eigenvalue weighted by Crippen LogP contribution is -2.34. The Morgan fingerprint density at radius 2 is 2.09 bits per heavy atom. The summed E-state index contributed by atoms with van der Waals surface area (Å²) in [5, 5.41) is 14.8. The minimum Gasteiger partial charge on any atom is -0.479 e. The van der Waals surface area contributed by atoms with E-state index in [-0.39, 0.29) is 29.5 Å². The number of thioether (sulfide) groups is 1. The van der Waals surface area contributed by atoms with Crippen LogP contribution >= 0.6 is 11.8 Å². The number of carbonyl (C=O) groups excluding carboxylic acids is 2. The van der Waals surface area contributed by atoms with E-state index in [9.17, 15) is 14.0 Å². The van der Waals surface area contributed by atoms with Gasteiger partial charge < -0.3 is 20.1 Å². The first kappa shape index (κ1) is 23.3. The van der Waals surface area contributed by atoms with Crippen LogP contribution in [0.25, 0.3) is 11.4 Å². The van der Waals surface area contributed by atoms with Crippen LogP contribution in [0.3, 0.4) is 0 Å². The van der Waals surface area contributed by atoms with E-state index in [4.69, 9.17) is 9.47 Å². The van der Waals surface area contributed by atoms with Crippen LogP contribution in [0.15, 0.2) is 47.6 Å². The molecular weight excluding hydrogens is 473 g/mol. The van der Waals surface area contributed by atoms with Gasteiger partial charge in [0.15, 0.2) is 17.1 Å². The molecule has 35 heavy (non-hydrogen) atoms. The molecule has 2 aliphatic heterocycles. The lowest BCUT2D eigenvalue weighted by Gasteiger charge is -2.23. The smallest absolute Gasteiger partial charge is 0.265 e. The highest BCUT2D eigenvalue weighted by Gasteiger charge is 2.24. The molecule has 182 valence electrons. The number of amides is 2. The summed E-state index contributed by atoms with van der Waals surface area (Å²) in [5.41, 5.74) is 1.79. The summed E-state index contributed by atoms with van der Waals surface area (Å²) in [5.74, 6) is 0.459. The lowest BCUT2D eigenvalue weighted by molar-refractivity contribution is -0.122. The quantitative estimate of drug-likeness (QED) is 0.479. The Kier molecular flexibility index (Phi) is 6.69. The zero-order chi connectivity index (χ0) is 24.4. The summed E-state index contributed by atoms with van der Waals surface area (Å²) in [7, 11) is 0. The van der Waals surface area contributed by atoms with Gasteiger partial charge in [0.2, 0.25) is 5.91 Å². The minimum absolute atomic E-state index is 0.0361. The van der Waals surface area contributed by atoms with Crippen molar-refractivity contribution in [2.45, 2.75) is 43.7 Å². The van der Waals surface area contributed by atoms with Crippen molar-refractivity contribution in [3.8, 4) is 17.1 Å². The summed E-state index contributed by atoms with van der Waals surface area (Å²) in [4.78, 5) is 24.5. The summed E-state index contributed by atoms with van der Waals surface area (Å²) in [6, 6.07) is 11.2. The first-order chi connectivity index (χ1) is 17.0. The Balaban J connectivity index is 1.28. The van der Waals surface area contributed by atoms with Crippen molar-refractivity contribution in [3.05, 3.63) is 48.3 Å². The predicted molar refractivity (Wildman–Crippen MR) is 129 cm³/mol. The van der Waals surface area contributed by atoms with Crippen LogP contribution in [-0.2, 0) is 20.9 Å². The van der Waals surface area contributed by atoms with Gasteiger partial charge in [0, 0.05) is 17.9 Å². The molecule has 1 fully saturated rings. The first-order valence-electron chi connectivity index (χ1n) is 11.3. The van der Waals surface area contributed by atoms with E-state index in [1.807, 2.05) is 4.57 Å². The number of aromatic nitrogens is 3. The van der Waals surface area contributed by atoms with Gasteiger partial charge in [0.1, 0.15) is 11.6 Å². The van der Waals surface area contributed by atoms with E-state index in [1.54, 1.807) is 37.3 Å². The second-order valence-corrected chi connectivity index (χ2v) is 9.30. The average molecular weight is 498 g/mol. The Bertz CT molecular complexity index is 1240. The van der Waals surface area contributed by atoms with Crippen LogP contribution < -0.4 is 15.4 Å². The molecule has 0 aliphatic carbocycles. The Labute approximate surface area is 205 Å². The van der Waals surface area contributed by atoms with Crippen LogP contribution in [-0.4, -0.2) is 51.1 Å². The standard InChI is InChI=1S/C24H24FN5O4S/c1-14-23(32)27-19-11-17(8-9-20(19)34-14)26-21(31)13-35-24-29-28-22(15-4-6-16(25)7-5-15)30(24)12-18-3-2-10-33-18/h4-9,11,14,18H,2-3,10,12-13H2,1H3,(H,26,31)(H,27,32). The number of hydrogen-bond donors (Lipinski definition) is 2. The number of rotatable bonds is 7. The normalized spacial score (nSPS) is 19.1. The van der Waals surface area contributed by atoms with E-state index in [0.29, 0.717) is 34.6 Å². The zero-order valence-electron chi connectivity index (χ0n) is 19.0. The minimum atomic E-state index is -0.564. The Morgan fingerprint density at radius 3 is 2.86 bits per heavy atom. The summed E-state index contributed by atoms with van der Waals surface area (Å²) in [6.07, 6.45) is 1.40. The molecule has 2 N–H and O–H groups in total. The molecule has 2 atom stereocenters. The molecule has 1 saturated heterocycles. The lowest BCUT2D eigenvalue weighted by atomic mass is 10.2. The fraction of sp³-hybridized carbons (Fsp3) is 0.333. The van der Waals surface area contributed by atoms with Crippen molar-refractivity contribution in [2.75, 3.05) is 23.0 Å². The van der Waals surface area contributed by atoms with Crippen LogP contribution in [0.4, 0.5) is 15.8 Å². The molecule has 0 spiro atoms. The highest BCUT2D eigenvalue weighted by atomic mass is 32.2. The number of halogens is 1. The van der Waals surface area contributed by atoms with Crippen molar-refractivity contribution in [1.82, 2.24) is 14.8 Å². The first-order valence-corrected chi connectivity index (χ1v) is 12.3. The predicted octanol–water partition coefficient (Wildman–Crippen LogP) is 3.71. The van der Waals surface area contributed by atoms with Crippen LogP contribution in [0.2, 0.25) is 0 Å². The van der Waals surface area contributed by atoms with Crippen molar-refractivity contribution in [2.24, 2.45) is 0 Å². The zero-order valence-corrected chi connectivity index (χ0v) is 19.8. The van der Waals surface area contributed by atoms with Crippen molar-refractivity contribution in [1.29, 1.82) is 0 Å². The number of nitrogens with one attached hydrogen (secondary N) is 2. The number of hydrogen-bond acceptors (Lipinski definition) is 7. The van der Waals surface area contributed by atoms with Gasteiger partial charge in [-0.25, -0.2) is 4.39 Å². The molecule has 2 amide bonds. The molecule has 9 nitrogen and oxygen atoms in total. The number of nitrogens with zero attached hydrogens (tertiary/aromatic N) is 3. The molecule has 1 aromatic heterocycles. The van der Waals surface area contributed by atoms with E-state index >= 15 is 0 Å². The molecule has 0 bridgehead atoms. The van der Waals surface area contributed by atoms with Crippen LogP contribution in [0.5, 0.6) is 5.75 Å². The average Bonchev–Trinajstić information content (AvgIpc) is 3.50. The molecule has 2 aromatic carbocycles. The molecule has 2 aliphatic rings. The molecule has 11 heteroatoms. The van der Waals surface area contributed by atoms with Gasteiger partial charge in [0.25, 0.3) is 5.91 Å². The van der Waals surface area contributed by atoms with Gasteiger partial charge in [-0.15, -0.1) is 10.2 Å². The molecule has 0 saturated carbocycles. The monoisotopic (exact) mass is 497 g/mol. The molecule has 3 heterocycles. The van der Waals surface area contributed by atoms with Crippen LogP contribution in [0, 0.1) is 5.82 Å². The third kappa shape index (κ3) is 5.30. The third-order valence-corrected chi connectivity index (χ3v) is 6.72. The maximum absolute atomic E-state index is 13.4. The number of ether oxygens (including phenoxy) is 2. The summed E-state index contributed by atoms with van der Waals surface area (Å²) in [6.45, 7) is 2.94. The molecule has 0 radical (unpaired) electrons. The number of fused-ring (bicyclic) bond motifs is 1. The molecule has 2 unspecified atom stereocenters. The van der Waals surface area contributed by atoms with Crippen LogP contribution in [0.1, 0.15) is 19.8 Å². The van der Waals surface area contributed by atoms with Crippen molar-refractivity contribution in [3.63, 3.8) is 0 Å². The fourth-order valence-corrected chi connectivity index (χ4v) is 4.73. The van der Waals surface area contributed by atoms with Gasteiger partial charge >= 0.3 is 0 Å². The van der Waals surface area contributed by atoms with Gasteiger partial charge in [-0.1, -0.05) is 11.8 Å². The molecular formula is C24H24FN5O4S. The fourth-order valence-electron chi connectivity index (χ4n) is 3.98. The maximum atomic E-state index is 13.4. The highest BCUT2D eigenvalue weighted by molar-refractivity contribution is 7.99. The van der Waals surface area contributed by atoms with Gasteiger partial charge in [0.05, 0.1) is 24.1 Å². The van der Waals surface area contributed by atoms with Gasteiger partial charge in [-0.3, -0.25) is 14.2 Å². The SMILES string of the molecule is CC1Oc2ccc(NC(=O)CSc3nnc(-c4ccc(F)cc4)n3CC3CCCO3)cc2NC1=O. The number of carbonyl (C=O) groups is 2. The van der Waals surface area contributed by atoms with E-state index in [0.717, 1.165) is 25.0 Å². The third-order valence-electron chi connectivity index (χ3n) is 5.76. The summed E-state index contributed by atoms with van der Waals surface area (Å²) < 4.78 is 26.7. The molecule has 5 rings (SSSR count). The highest BCUT2D eigenvalue weighted by Crippen LogP contribution is 2.32.